The van der Waals surface area contributed by atoms with E-state index in [9.17, 15) is 4.79 Å². The van der Waals surface area contributed by atoms with Crippen molar-refractivity contribution in [2.45, 2.75) is 78.4 Å². The van der Waals surface area contributed by atoms with E-state index in [0.29, 0.717) is 11.3 Å². The van der Waals surface area contributed by atoms with Gasteiger partial charge < -0.3 is 18.8 Å². The predicted octanol–water partition coefficient (Wildman–Crippen LogP) is 2.31. The van der Waals surface area contributed by atoms with Gasteiger partial charge in [-0.3, -0.25) is 9.58 Å². The van der Waals surface area contributed by atoms with Crippen molar-refractivity contribution in [2.75, 3.05) is 7.05 Å². The Morgan fingerprint density at radius 2 is 1.78 bits per heavy atom. The van der Waals surface area contributed by atoms with Crippen LogP contribution >= 0.6 is 0 Å². The highest BCUT2D eigenvalue weighted by molar-refractivity contribution is 6.63. The normalized spacial score (nSPS) is 19.7. The van der Waals surface area contributed by atoms with Crippen molar-refractivity contribution in [3.8, 4) is 5.88 Å². The Bertz CT molecular complexity index is 680. The second-order valence-electron chi connectivity index (χ2n) is 8.96. The van der Waals surface area contributed by atoms with Gasteiger partial charge in [-0.05, 0) is 55.4 Å². The van der Waals surface area contributed by atoms with Crippen molar-refractivity contribution in [1.29, 1.82) is 0 Å². The van der Waals surface area contributed by atoms with Crippen molar-refractivity contribution in [3.63, 3.8) is 0 Å². The molecule has 1 aliphatic heterocycles. The first-order valence-electron chi connectivity index (χ1n) is 9.14. The molecule has 1 aliphatic rings. The Morgan fingerprint density at radius 1 is 1.26 bits per heavy atom. The van der Waals surface area contributed by atoms with Gasteiger partial charge in [0, 0.05) is 20.3 Å². The van der Waals surface area contributed by atoms with E-state index in [4.69, 9.17) is 18.8 Å². The van der Waals surface area contributed by atoms with Crippen LogP contribution in [0.5, 0.6) is 5.88 Å². The number of nitrogens with zero attached hydrogens (tertiary/aromatic N) is 3. The second kappa shape index (κ2) is 7.02. The molecule has 0 aromatic carbocycles. The monoisotopic (exact) mass is 381 g/mol. The molecule has 1 amide bonds. The Morgan fingerprint density at radius 3 is 2.26 bits per heavy atom. The average Bonchev–Trinajstić information content (AvgIpc) is 2.93. The molecular formula is C18H32BN3O5. The van der Waals surface area contributed by atoms with Gasteiger partial charge in [-0.15, -0.1) is 5.10 Å². The molecule has 1 saturated heterocycles. The van der Waals surface area contributed by atoms with E-state index >= 15 is 0 Å². The first kappa shape index (κ1) is 21.6. The number of aryl methyl sites for hydroxylation is 1. The molecule has 0 saturated carbocycles. The molecule has 0 N–H and O–H groups in total. The molecule has 27 heavy (non-hydrogen) atoms. The number of carbonyl (C=O) groups is 1. The smallest absolute Gasteiger partial charge is 0.453 e. The summed E-state index contributed by atoms with van der Waals surface area (Å²) < 4.78 is 25.2. The molecule has 2 heterocycles. The third-order valence-corrected chi connectivity index (χ3v) is 4.84. The lowest BCUT2D eigenvalue weighted by atomic mass is 9.81. The summed E-state index contributed by atoms with van der Waals surface area (Å²) in [5.74, 6) is 0.360. The minimum Gasteiger partial charge on any atom is -0.453 e. The maximum Gasteiger partial charge on any atom is 0.502 e. The maximum absolute atomic E-state index is 12.3. The fraction of sp³-hybridized carbons (Fsp3) is 0.778. The molecule has 0 bridgehead atoms. The highest BCUT2D eigenvalue weighted by atomic mass is 16.7. The van der Waals surface area contributed by atoms with Crippen molar-refractivity contribution in [1.82, 2.24) is 14.7 Å². The summed E-state index contributed by atoms with van der Waals surface area (Å²) in [7, 11) is 2.82. The molecule has 0 radical (unpaired) electrons. The Balaban J connectivity index is 2.16. The van der Waals surface area contributed by atoms with Crippen LogP contribution in [0.4, 0.5) is 4.79 Å². The molecule has 8 nitrogen and oxygen atoms in total. The second-order valence-corrected chi connectivity index (χ2v) is 8.96. The lowest BCUT2D eigenvalue weighted by Gasteiger charge is -2.32. The van der Waals surface area contributed by atoms with Gasteiger partial charge in [0.15, 0.2) is 6.23 Å². The maximum atomic E-state index is 12.3. The summed E-state index contributed by atoms with van der Waals surface area (Å²) in [5.41, 5.74) is -0.835. The third kappa shape index (κ3) is 4.76. The van der Waals surface area contributed by atoms with Crippen LogP contribution in [-0.4, -0.2) is 58.0 Å². The molecule has 1 unspecified atom stereocenters. The molecule has 1 aromatic heterocycles. The zero-order valence-electron chi connectivity index (χ0n) is 18.1. The van der Waals surface area contributed by atoms with Crippen LogP contribution in [0.3, 0.4) is 0 Å². The SMILES string of the molecule is CC(Oc1nn(C)cc1B1OC(C)(C)C(C)(C)O1)N(C)C(=O)OC(C)(C)C. The lowest BCUT2D eigenvalue weighted by Crippen LogP contribution is -2.43. The summed E-state index contributed by atoms with van der Waals surface area (Å²) in [6, 6.07) is 0. The Kier molecular flexibility index (Phi) is 5.60. The van der Waals surface area contributed by atoms with E-state index in [1.807, 2.05) is 48.5 Å². The van der Waals surface area contributed by atoms with Crippen LogP contribution in [0.15, 0.2) is 6.20 Å². The average molecular weight is 381 g/mol. The van der Waals surface area contributed by atoms with Gasteiger partial charge >= 0.3 is 13.2 Å². The van der Waals surface area contributed by atoms with Crippen molar-refractivity contribution in [3.05, 3.63) is 6.20 Å². The number of aromatic nitrogens is 2. The fourth-order valence-corrected chi connectivity index (χ4v) is 2.43. The molecule has 9 heteroatoms. The van der Waals surface area contributed by atoms with Crippen molar-refractivity contribution in [2.24, 2.45) is 7.05 Å². The summed E-state index contributed by atoms with van der Waals surface area (Å²) in [6.07, 6.45) is 0.747. The predicted molar refractivity (Wildman–Crippen MR) is 103 cm³/mol. The van der Waals surface area contributed by atoms with E-state index in [-0.39, 0.29) is 0 Å². The molecular weight excluding hydrogens is 349 g/mol. The molecule has 2 rings (SSSR count). The lowest BCUT2D eigenvalue weighted by molar-refractivity contribution is -0.00597. The number of ether oxygens (including phenoxy) is 2. The summed E-state index contributed by atoms with van der Waals surface area (Å²) >= 11 is 0. The minimum absolute atomic E-state index is 0.360. The molecule has 0 spiro atoms. The van der Waals surface area contributed by atoms with E-state index in [1.165, 1.54) is 4.90 Å². The molecule has 0 aliphatic carbocycles. The van der Waals surface area contributed by atoms with Crippen LogP contribution < -0.4 is 10.2 Å². The van der Waals surface area contributed by atoms with Gasteiger partial charge in [-0.25, -0.2) is 4.79 Å². The van der Waals surface area contributed by atoms with E-state index < -0.39 is 36.2 Å². The number of hydrogen-bond donors (Lipinski definition) is 0. The van der Waals surface area contributed by atoms with Gasteiger partial charge in [0.25, 0.3) is 0 Å². The van der Waals surface area contributed by atoms with Gasteiger partial charge in [-0.1, -0.05) is 0 Å². The number of carbonyl (C=O) groups excluding carboxylic acids is 1. The fourth-order valence-electron chi connectivity index (χ4n) is 2.43. The van der Waals surface area contributed by atoms with Crippen molar-refractivity contribution >= 4 is 18.7 Å². The third-order valence-electron chi connectivity index (χ3n) is 4.84. The van der Waals surface area contributed by atoms with Gasteiger partial charge in [0.05, 0.1) is 16.7 Å². The topological polar surface area (TPSA) is 75.1 Å². The molecule has 1 aromatic rings. The van der Waals surface area contributed by atoms with Crippen molar-refractivity contribution < 1.29 is 23.6 Å². The van der Waals surface area contributed by atoms with E-state index in [2.05, 4.69) is 5.10 Å². The summed E-state index contributed by atoms with van der Waals surface area (Å²) in [6.45, 7) is 15.2. The van der Waals surface area contributed by atoms with Crippen LogP contribution in [0, 0.1) is 0 Å². The highest BCUT2D eigenvalue weighted by Crippen LogP contribution is 2.37. The van der Waals surface area contributed by atoms with Crippen LogP contribution in [0.25, 0.3) is 0 Å². The Hall–Kier alpha value is -1.74. The highest BCUT2D eigenvalue weighted by Gasteiger charge is 2.53. The summed E-state index contributed by atoms with van der Waals surface area (Å²) in [4.78, 5) is 13.6. The minimum atomic E-state index is -0.599. The number of amides is 1. The largest absolute Gasteiger partial charge is 0.502 e. The standard InChI is InChI=1S/C18H32BN3O5/c1-12(22(10)15(23)25-16(2,3)4)24-14-13(11-21(9)20-14)19-26-17(5,6)18(7,8)27-19/h11-12H,1-10H3. The van der Waals surface area contributed by atoms with Gasteiger partial charge in [0.1, 0.15) is 5.60 Å². The zero-order valence-corrected chi connectivity index (χ0v) is 18.1. The van der Waals surface area contributed by atoms with Crippen LogP contribution in [-0.2, 0) is 21.1 Å². The first-order valence-corrected chi connectivity index (χ1v) is 9.14. The zero-order chi connectivity index (χ0) is 20.8. The van der Waals surface area contributed by atoms with Gasteiger partial charge in [0.2, 0.25) is 5.88 Å². The quantitative estimate of drug-likeness (QED) is 0.589. The van der Waals surface area contributed by atoms with Crippen LogP contribution in [0.2, 0.25) is 0 Å². The number of hydrogen-bond acceptors (Lipinski definition) is 6. The van der Waals surface area contributed by atoms with Gasteiger partial charge in [-0.2, -0.15) is 0 Å². The Labute approximate surface area is 162 Å². The summed E-state index contributed by atoms with van der Waals surface area (Å²) in [5, 5.41) is 4.36. The molecule has 1 fully saturated rings. The molecule has 1 atom stereocenters. The number of rotatable bonds is 4. The first-order chi connectivity index (χ1) is 12.1. The molecule has 152 valence electrons. The van der Waals surface area contributed by atoms with E-state index in [1.54, 1.807) is 31.9 Å². The van der Waals surface area contributed by atoms with E-state index in [0.717, 1.165) is 0 Å². The van der Waals surface area contributed by atoms with Crippen LogP contribution in [0.1, 0.15) is 55.4 Å².